The zero-order chi connectivity index (χ0) is 16.7. The molecule has 1 saturated heterocycles. The van der Waals surface area contributed by atoms with Crippen LogP contribution in [0.25, 0.3) is 0 Å². The topological polar surface area (TPSA) is 96.8 Å². The number of likely N-dealkylation sites (tertiary alicyclic amines) is 1. The summed E-state index contributed by atoms with van der Waals surface area (Å²) in [5.74, 6) is 0.398. The zero-order valence-corrected chi connectivity index (χ0v) is 15.4. The molecule has 9 heteroatoms. The lowest BCUT2D eigenvalue weighted by atomic mass is 10.1. The van der Waals surface area contributed by atoms with E-state index in [0.717, 1.165) is 10.7 Å². The van der Waals surface area contributed by atoms with Crippen LogP contribution in [-0.4, -0.2) is 56.8 Å². The van der Waals surface area contributed by atoms with Crippen molar-refractivity contribution in [3.05, 3.63) is 17.4 Å². The maximum Gasteiger partial charge on any atom is 0.275 e. The number of nitrogens with zero attached hydrogens (tertiary/aromatic N) is 2. The third-order valence-corrected chi connectivity index (χ3v) is 5.79. The molecule has 1 amide bonds. The van der Waals surface area contributed by atoms with E-state index in [4.69, 9.17) is 10.2 Å². The van der Waals surface area contributed by atoms with Crippen LogP contribution < -0.4 is 5.73 Å². The predicted octanol–water partition coefficient (Wildman–Crippen LogP) is 1.07. The standard InChI is InChI=1S/C14H23N3O4S.ClH/c1-9-5-11(7-15)8-17(9)14(18)12-6-13(21-10(12)2)22(19,20)16(3)4;/h6,9,11H,5,7-8,15H2,1-4H3;1H. The van der Waals surface area contributed by atoms with E-state index in [9.17, 15) is 13.2 Å². The van der Waals surface area contributed by atoms with Crippen molar-refractivity contribution >= 4 is 28.3 Å². The van der Waals surface area contributed by atoms with E-state index < -0.39 is 10.0 Å². The maximum atomic E-state index is 12.7. The first-order valence-electron chi connectivity index (χ1n) is 7.22. The Morgan fingerprint density at radius 1 is 1.48 bits per heavy atom. The fraction of sp³-hybridized carbons (Fsp3) is 0.643. The van der Waals surface area contributed by atoms with Gasteiger partial charge in [-0.25, -0.2) is 12.7 Å². The summed E-state index contributed by atoms with van der Waals surface area (Å²) >= 11 is 0. The molecule has 2 atom stereocenters. The molecule has 2 rings (SSSR count). The van der Waals surface area contributed by atoms with Crippen LogP contribution in [0.5, 0.6) is 0 Å². The second kappa shape index (κ2) is 7.21. The molecule has 23 heavy (non-hydrogen) atoms. The summed E-state index contributed by atoms with van der Waals surface area (Å²) in [5, 5.41) is -0.208. The summed E-state index contributed by atoms with van der Waals surface area (Å²) in [5.41, 5.74) is 5.98. The molecule has 0 aliphatic carbocycles. The second-order valence-electron chi connectivity index (χ2n) is 5.97. The summed E-state index contributed by atoms with van der Waals surface area (Å²) in [6, 6.07) is 1.40. The van der Waals surface area contributed by atoms with Crippen molar-refractivity contribution < 1.29 is 17.6 Å². The SMILES string of the molecule is Cc1oc(S(=O)(=O)N(C)C)cc1C(=O)N1CC(CN)CC1C.Cl. The van der Waals surface area contributed by atoms with E-state index in [1.165, 1.54) is 20.2 Å². The molecular formula is C14H24ClN3O4S. The molecule has 2 heterocycles. The van der Waals surface area contributed by atoms with Gasteiger partial charge in [0.05, 0.1) is 5.56 Å². The highest BCUT2D eigenvalue weighted by molar-refractivity contribution is 7.88. The van der Waals surface area contributed by atoms with Gasteiger partial charge in [-0.2, -0.15) is 0 Å². The fourth-order valence-corrected chi connectivity index (χ4v) is 3.58. The first-order chi connectivity index (χ1) is 10.2. The summed E-state index contributed by atoms with van der Waals surface area (Å²) in [6.45, 7) is 4.71. The predicted molar refractivity (Wildman–Crippen MR) is 89.2 cm³/mol. The molecule has 2 unspecified atom stereocenters. The van der Waals surface area contributed by atoms with E-state index >= 15 is 0 Å². The quantitative estimate of drug-likeness (QED) is 0.860. The van der Waals surface area contributed by atoms with Crippen molar-refractivity contribution in [1.82, 2.24) is 9.21 Å². The highest BCUT2D eigenvalue weighted by atomic mass is 35.5. The van der Waals surface area contributed by atoms with E-state index in [1.54, 1.807) is 11.8 Å². The average molecular weight is 366 g/mol. The number of carbonyl (C=O) groups excluding carboxylic acids is 1. The summed E-state index contributed by atoms with van der Waals surface area (Å²) in [6.07, 6.45) is 0.863. The van der Waals surface area contributed by atoms with Crippen LogP contribution in [-0.2, 0) is 10.0 Å². The van der Waals surface area contributed by atoms with Gasteiger partial charge in [-0.15, -0.1) is 12.4 Å². The Bertz CT molecular complexity index is 672. The minimum atomic E-state index is -3.69. The number of carbonyl (C=O) groups is 1. The van der Waals surface area contributed by atoms with Gasteiger partial charge in [0.15, 0.2) is 0 Å². The van der Waals surface area contributed by atoms with E-state index in [-0.39, 0.29) is 35.4 Å². The van der Waals surface area contributed by atoms with Crippen molar-refractivity contribution in [3.63, 3.8) is 0 Å². The summed E-state index contributed by atoms with van der Waals surface area (Å²) < 4.78 is 30.6. The fourth-order valence-electron chi connectivity index (χ4n) is 2.73. The lowest BCUT2D eigenvalue weighted by molar-refractivity contribution is 0.0741. The first-order valence-corrected chi connectivity index (χ1v) is 8.66. The molecule has 0 bridgehead atoms. The highest BCUT2D eigenvalue weighted by Gasteiger charge is 2.34. The Balaban J connectivity index is 0.00000264. The lowest BCUT2D eigenvalue weighted by Crippen LogP contribution is -2.34. The third kappa shape index (κ3) is 3.71. The minimum Gasteiger partial charge on any atom is -0.448 e. The van der Waals surface area contributed by atoms with Gasteiger partial charge in [-0.3, -0.25) is 4.79 Å². The Kier molecular flexibility index (Phi) is 6.25. The van der Waals surface area contributed by atoms with Gasteiger partial charge in [0.25, 0.3) is 15.9 Å². The van der Waals surface area contributed by atoms with Crippen LogP contribution in [0.1, 0.15) is 29.5 Å². The van der Waals surface area contributed by atoms with Crippen LogP contribution in [0.3, 0.4) is 0 Å². The van der Waals surface area contributed by atoms with Crippen molar-refractivity contribution in [3.8, 4) is 0 Å². The second-order valence-corrected chi connectivity index (χ2v) is 8.05. The normalized spacial score (nSPS) is 21.6. The van der Waals surface area contributed by atoms with Crippen LogP contribution in [0.2, 0.25) is 0 Å². The van der Waals surface area contributed by atoms with Gasteiger partial charge in [0, 0.05) is 32.7 Å². The Labute approximate surface area is 143 Å². The summed E-state index contributed by atoms with van der Waals surface area (Å²) in [7, 11) is -0.849. The molecule has 1 aromatic heterocycles. The van der Waals surface area contributed by atoms with Gasteiger partial charge in [-0.1, -0.05) is 0 Å². The number of aryl methyl sites for hydroxylation is 1. The Morgan fingerprint density at radius 3 is 2.57 bits per heavy atom. The monoisotopic (exact) mass is 365 g/mol. The van der Waals surface area contributed by atoms with Gasteiger partial charge >= 0.3 is 0 Å². The number of amides is 1. The molecule has 0 saturated carbocycles. The molecule has 2 N–H and O–H groups in total. The minimum absolute atomic E-state index is 0. The number of hydrogen-bond acceptors (Lipinski definition) is 5. The molecule has 0 spiro atoms. The first kappa shape index (κ1) is 20.0. The smallest absolute Gasteiger partial charge is 0.275 e. The van der Waals surface area contributed by atoms with Crippen molar-refractivity contribution in [1.29, 1.82) is 0 Å². The number of rotatable bonds is 4. The Hall–Kier alpha value is -1.09. The zero-order valence-electron chi connectivity index (χ0n) is 13.8. The van der Waals surface area contributed by atoms with Gasteiger partial charge in [0.1, 0.15) is 5.76 Å². The van der Waals surface area contributed by atoms with Crippen molar-refractivity contribution in [2.24, 2.45) is 11.7 Å². The number of hydrogen-bond donors (Lipinski definition) is 1. The van der Waals surface area contributed by atoms with E-state index in [1.807, 2.05) is 6.92 Å². The highest BCUT2D eigenvalue weighted by Crippen LogP contribution is 2.27. The van der Waals surface area contributed by atoms with Crippen LogP contribution in [0.15, 0.2) is 15.6 Å². The molecule has 0 radical (unpaired) electrons. The van der Waals surface area contributed by atoms with E-state index in [2.05, 4.69) is 0 Å². The van der Waals surface area contributed by atoms with Crippen molar-refractivity contribution in [2.75, 3.05) is 27.2 Å². The molecule has 7 nitrogen and oxygen atoms in total. The van der Waals surface area contributed by atoms with Crippen LogP contribution >= 0.6 is 12.4 Å². The number of furan rings is 1. The molecule has 132 valence electrons. The maximum absolute atomic E-state index is 12.7. The van der Waals surface area contributed by atoms with Gasteiger partial charge in [-0.05, 0) is 32.7 Å². The number of nitrogens with two attached hydrogens (primary N) is 1. The van der Waals surface area contributed by atoms with Gasteiger partial charge in [0.2, 0.25) is 5.09 Å². The molecular weight excluding hydrogens is 342 g/mol. The van der Waals surface area contributed by atoms with Crippen molar-refractivity contribution in [2.45, 2.75) is 31.4 Å². The Morgan fingerprint density at radius 2 is 2.09 bits per heavy atom. The number of sulfonamides is 1. The number of halogens is 1. The van der Waals surface area contributed by atoms with Crippen LogP contribution in [0.4, 0.5) is 0 Å². The molecule has 0 aromatic carbocycles. The summed E-state index contributed by atoms with van der Waals surface area (Å²) in [4.78, 5) is 14.4. The third-order valence-electron chi connectivity index (χ3n) is 4.12. The van der Waals surface area contributed by atoms with E-state index in [0.29, 0.717) is 24.4 Å². The molecule has 1 aromatic rings. The van der Waals surface area contributed by atoms with Crippen LogP contribution in [0, 0.1) is 12.8 Å². The lowest BCUT2D eigenvalue weighted by Gasteiger charge is -2.21. The average Bonchev–Trinajstić information content (AvgIpc) is 3.01. The van der Waals surface area contributed by atoms with Gasteiger partial charge < -0.3 is 15.1 Å². The molecule has 1 fully saturated rings. The molecule has 1 aliphatic rings. The molecule has 1 aliphatic heterocycles. The largest absolute Gasteiger partial charge is 0.448 e.